The minimum atomic E-state index is -0.425. The van der Waals surface area contributed by atoms with Crippen molar-refractivity contribution in [2.45, 2.75) is 19.8 Å². The Balaban J connectivity index is 2.21. The van der Waals surface area contributed by atoms with Crippen LogP contribution >= 0.6 is 0 Å². The Labute approximate surface area is 121 Å². The molecule has 7 nitrogen and oxygen atoms in total. The van der Waals surface area contributed by atoms with Crippen LogP contribution in [0.4, 0.5) is 5.69 Å². The van der Waals surface area contributed by atoms with Crippen LogP contribution < -0.4 is 10.6 Å². The van der Waals surface area contributed by atoms with E-state index in [0.717, 1.165) is 0 Å². The Morgan fingerprint density at radius 3 is 2.48 bits per heavy atom. The topological polar surface area (TPSA) is 97.1 Å². The fourth-order valence-corrected chi connectivity index (χ4v) is 1.76. The third-order valence-electron chi connectivity index (χ3n) is 2.81. The maximum Gasteiger partial charge on any atom is 0.274 e. The largest absolute Gasteiger partial charge is 0.359 e. The average molecular weight is 288 g/mol. The summed E-state index contributed by atoms with van der Waals surface area (Å²) in [5.41, 5.74) is 0.828. The van der Waals surface area contributed by atoms with Gasteiger partial charge in [-0.05, 0) is 12.1 Å². The lowest BCUT2D eigenvalue weighted by Gasteiger charge is -2.06. The van der Waals surface area contributed by atoms with Gasteiger partial charge in [-0.1, -0.05) is 25.1 Å². The Morgan fingerprint density at radius 1 is 1.19 bits per heavy atom. The van der Waals surface area contributed by atoms with Gasteiger partial charge >= 0.3 is 0 Å². The predicted octanol–water partition coefficient (Wildman–Crippen LogP) is 1.80. The highest BCUT2D eigenvalue weighted by Gasteiger charge is 2.17. The number of carbonyl (C=O) groups is 2. The Kier molecular flexibility index (Phi) is 4.32. The van der Waals surface area contributed by atoms with Crippen LogP contribution in [0, 0.1) is 0 Å². The van der Waals surface area contributed by atoms with Gasteiger partial charge < -0.3 is 15.2 Å². The lowest BCUT2D eigenvalue weighted by molar-refractivity contribution is 0.0958. The summed E-state index contributed by atoms with van der Waals surface area (Å²) in [5.74, 6) is -0.0953. The predicted molar refractivity (Wildman–Crippen MR) is 76.2 cm³/mol. The van der Waals surface area contributed by atoms with Crippen molar-refractivity contribution in [3.05, 3.63) is 41.5 Å². The zero-order chi connectivity index (χ0) is 15.4. The summed E-state index contributed by atoms with van der Waals surface area (Å²) < 4.78 is 5.09. The lowest BCUT2D eigenvalue weighted by Crippen LogP contribution is -2.21. The van der Waals surface area contributed by atoms with E-state index >= 15 is 0 Å². The summed E-state index contributed by atoms with van der Waals surface area (Å²) in [6, 6.07) is 4.67. The van der Waals surface area contributed by atoms with E-state index in [0.29, 0.717) is 11.4 Å². The van der Waals surface area contributed by atoms with Gasteiger partial charge in [-0.2, -0.15) is 0 Å². The number of rotatable bonds is 4. The Morgan fingerprint density at radius 2 is 1.86 bits per heavy atom. The number of pyridine rings is 1. The standard InChI is InChI=1S/C14H16N4O3/c1-8(2)12-11(7-16-21-12)18-14(20)10-6-4-5-9(17-10)13(19)15-3/h4-8H,1-3H3,(H,15,19)(H,18,20). The molecule has 2 aromatic rings. The number of nitrogens with one attached hydrogen (secondary N) is 2. The molecule has 2 N–H and O–H groups in total. The van der Waals surface area contributed by atoms with E-state index in [1.807, 2.05) is 13.8 Å². The zero-order valence-corrected chi connectivity index (χ0v) is 12.0. The number of hydrogen-bond acceptors (Lipinski definition) is 5. The van der Waals surface area contributed by atoms with Crippen LogP contribution in [0.15, 0.2) is 28.9 Å². The molecule has 0 atom stereocenters. The van der Waals surface area contributed by atoms with Crippen LogP contribution in [0.25, 0.3) is 0 Å². The molecule has 0 fully saturated rings. The van der Waals surface area contributed by atoms with Crippen molar-refractivity contribution in [3.8, 4) is 0 Å². The fourth-order valence-electron chi connectivity index (χ4n) is 1.76. The van der Waals surface area contributed by atoms with Gasteiger partial charge in [0, 0.05) is 13.0 Å². The van der Waals surface area contributed by atoms with Gasteiger partial charge in [0.25, 0.3) is 11.8 Å². The maximum atomic E-state index is 12.2. The van der Waals surface area contributed by atoms with Crippen molar-refractivity contribution in [1.29, 1.82) is 0 Å². The van der Waals surface area contributed by atoms with E-state index in [4.69, 9.17) is 4.52 Å². The van der Waals surface area contributed by atoms with E-state index in [1.165, 1.54) is 25.4 Å². The quantitative estimate of drug-likeness (QED) is 0.894. The molecule has 2 heterocycles. The molecule has 0 aromatic carbocycles. The molecule has 0 radical (unpaired) electrons. The van der Waals surface area contributed by atoms with E-state index < -0.39 is 5.91 Å². The van der Waals surface area contributed by atoms with Gasteiger partial charge in [0.2, 0.25) is 0 Å². The Bertz CT molecular complexity index is 664. The molecule has 0 aliphatic heterocycles. The molecule has 21 heavy (non-hydrogen) atoms. The highest BCUT2D eigenvalue weighted by Crippen LogP contribution is 2.23. The molecule has 0 aliphatic carbocycles. The van der Waals surface area contributed by atoms with Gasteiger partial charge in [0.05, 0.1) is 6.20 Å². The maximum absolute atomic E-state index is 12.2. The normalized spacial score (nSPS) is 10.5. The van der Waals surface area contributed by atoms with Crippen molar-refractivity contribution in [2.24, 2.45) is 0 Å². The third-order valence-corrected chi connectivity index (χ3v) is 2.81. The second kappa shape index (κ2) is 6.17. The fraction of sp³-hybridized carbons (Fsp3) is 0.286. The number of amides is 2. The molecular weight excluding hydrogens is 272 g/mol. The van der Waals surface area contributed by atoms with Gasteiger partial charge in [0.15, 0.2) is 5.76 Å². The summed E-state index contributed by atoms with van der Waals surface area (Å²) in [4.78, 5) is 27.7. The molecule has 0 bridgehead atoms. The number of anilines is 1. The van der Waals surface area contributed by atoms with Crippen molar-refractivity contribution >= 4 is 17.5 Å². The SMILES string of the molecule is CNC(=O)c1cccc(C(=O)Nc2cnoc2C(C)C)n1. The summed E-state index contributed by atoms with van der Waals surface area (Å²) in [5, 5.41) is 8.82. The molecule has 0 unspecified atom stereocenters. The minimum absolute atomic E-state index is 0.0907. The number of aromatic nitrogens is 2. The minimum Gasteiger partial charge on any atom is -0.359 e. The van der Waals surface area contributed by atoms with Gasteiger partial charge in [-0.15, -0.1) is 0 Å². The van der Waals surface area contributed by atoms with Crippen LogP contribution in [0.3, 0.4) is 0 Å². The number of nitrogens with zero attached hydrogens (tertiary/aromatic N) is 2. The molecule has 0 saturated carbocycles. The number of carbonyl (C=O) groups excluding carboxylic acids is 2. The van der Waals surface area contributed by atoms with Crippen LogP contribution in [0.1, 0.15) is 46.5 Å². The second-order valence-electron chi connectivity index (χ2n) is 4.70. The molecule has 0 saturated heterocycles. The highest BCUT2D eigenvalue weighted by atomic mass is 16.5. The van der Waals surface area contributed by atoms with Crippen molar-refractivity contribution in [2.75, 3.05) is 12.4 Å². The molecule has 110 valence electrons. The monoisotopic (exact) mass is 288 g/mol. The van der Waals surface area contributed by atoms with Gasteiger partial charge in [0.1, 0.15) is 17.1 Å². The van der Waals surface area contributed by atoms with Gasteiger partial charge in [-0.25, -0.2) is 4.98 Å². The van der Waals surface area contributed by atoms with Crippen LogP contribution in [-0.2, 0) is 0 Å². The lowest BCUT2D eigenvalue weighted by atomic mass is 10.1. The van der Waals surface area contributed by atoms with Gasteiger partial charge in [-0.3, -0.25) is 9.59 Å². The zero-order valence-electron chi connectivity index (χ0n) is 12.0. The molecule has 0 aliphatic rings. The van der Waals surface area contributed by atoms with Crippen molar-refractivity contribution < 1.29 is 14.1 Å². The van der Waals surface area contributed by atoms with E-state index in [-0.39, 0.29) is 23.2 Å². The van der Waals surface area contributed by atoms with Crippen LogP contribution in [0.5, 0.6) is 0 Å². The smallest absolute Gasteiger partial charge is 0.274 e. The van der Waals surface area contributed by atoms with Crippen LogP contribution in [-0.4, -0.2) is 29.0 Å². The first-order valence-electron chi connectivity index (χ1n) is 6.48. The van der Waals surface area contributed by atoms with E-state index in [9.17, 15) is 9.59 Å². The molecule has 0 spiro atoms. The first-order valence-corrected chi connectivity index (χ1v) is 6.48. The molecule has 2 aromatic heterocycles. The van der Waals surface area contributed by atoms with Crippen molar-refractivity contribution in [1.82, 2.24) is 15.5 Å². The third kappa shape index (κ3) is 3.25. The first-order chi connectivity index (χ1) is 10.0. The second-order valence-corrected chi connectivity index (χ2v) is 4.70. The summed E-state index contributed by atoms with van der Waals surface area (Å²) in [6.07, 6.45) is 1.44. The molecule has 7 heteroatoms. The summed E-state index contributed by atoms with van der Waals surface area (Å²) >= 11 is 0. The molecular formula is C14H16N4O3. The Hall–Kier alpha value is -2.70. The summed E-state index contributed by atoms with van der Waals surface area (Å²) in [7, 11) is 1.50. The van der Waals surface area contributed by atoms with Crippen LogP contribution in [0.2, 0.25) is 0 Å². The highest BCUT2D eigenvalue weighted by molar-refractivity contribution is 6.04. The summed E-state index contributed by atoms with van der Waals surface area (Å²) in [6.45, 7) is 3.86. The van der Waals surface area contributed by atoms with E-state index in [2.05, 4.69) is 20.8 Å². The van der Waals surface area contributed by atoms with Crippen molar-refractivity contribution in [3.63, 3.8) is 0 Å². The molecule has 2 rings (SSSR count). The van der Waals surface area contributed by atoms with E-state index in [1.54, 1.807) is 6.07 Å². The average Bonchev–Trinajstić information content (AvgIpc) is 2.94. The first kappa shape index (κ1) is 14.7. The number of hydrogen-bond donors (Lipinski definition) is 2. The molecule has 2 amide bonds.